The molecule has 0 aromatic carbocycles. The maximum atomic E-state index is 5.64. The summed E-state index contributed by atoms with van der Waals surface area (Å²) in [4.78, 5) is 0. The third-order valence-corrected chi connectivity index (χ3v) is 2.83. The van der Waals surface area contributed by atoms with Gasteiger partial charge in [-0.3, -0.25) is 0 Å². The molecule has 3 nitrogen and oxygen atoms in total. The average molecular weight is 221 g/mol. The van der Waals surface area contributed by atoms with Gasteiger partial charge in [0.15, 0.2) is 0 Å². The van der Waals surface area contributed by atoms with E-state index in [1.807, 2.05) is 11.8 Å². The molecule has 0 bridgehead atoms. The Kier molecular flexibility index (Phi) is 11.5. The van der Waals surface area contributed by atoms with Crippen molar-refractivity contribution in [3.05, 3.63) is 0 Å². The number of hydrogen-bond donors (Lipinski definition) is 1. The van der Waals surface area contributed by atoms with Crippen LogP contribution in [0.2, 0.25) is 0 Å². The fourth-order valence-electron chi connectivity index (χ4n) is 0.879. The molecule has 0 saturated carbocycles. The maximum Gasteiger partial charge on any atom is 0.0700 e. The zero-order valence-electron chi connectivity index (χ0n) is 9.33. The van der Waals surface area contributed by atoms with E-state index in [2.05, 4.69) is 6.92 Å². The first kappa shape index (κ1) is 14.2. The van der Waals surface area contributed by atoms with Gasteiger partial charge in [0, 0.05) is 19.8 Å². The number of methoxy groups -OCH3 is 1. The molecular formula is C10H23NO2S. The van der Waals surface area contributed by atoms with Crippen LogP contribution in [0.4, 0.5) is 0 Å². The summed E-state index contributed by atoms with van der Waals surface area (Å²) in [5.41, 5.74) is 5.64. The fourth-order valence-corrected chi connectivity index (χ4v) is 1.94. The Morgan fingerprint density at radius 2 is 2.00 bits per heavy atom. The van der Waals surface area contributed by atoms with E-state index in [1.54, 1.807) is 7.11 Å². The molecule has 86 valence electrons. The van der Waals surface area contributed by atoms with Crippen LogP contribution >= 0.6 is 11.8 Å². The van der Waals surface area contributed by atoms with E-state index in [4.69, 9.17) is 15.2 Å². The highest BCUT2D eigenvalue weighted by Crippen LogP contribution is 2.05. The zero-order valence-corrected chi connectivity index (χ0v) is 10.1. The SMILES string of the molecule is COCCOCCCSCCC(C)N. The molecule has 0 radical (unpaired) electrons. The minimum absolute atomic E-state index is 0.334. The minimum Gasteiger partial charge on any atom is -0.382 e. The second kappa shape index (κ2) is 11.3. The molecule has 0 saturated heterocycles. The number of nitrogens with two attached hydrogens (primary N) is 1. The summed E-state index contributed by atoms with van der Waals surface area (Å²) in [6, 6.07) is 0.334. The molecule has 2 N–H and O–H groups in total. The van der Waals surface area contributed by atoms with Crippen LogP contribution in [-0.2, 0) is 9.47 Å². The van der Waals surface area contributed by atoms with Crippen LogP contribution in [0.25, 0.3) is 0 Å². The van der Waals surface area contributed by atoms with Crippen molar-refractivity contribution in [2.24, 2.45) is 5.73 Å². The molecule has 1 atom stereocenters. The summed E-state index contributed by atoms with van der Waals surface area (Å²) in [5, 5.41) is 0. The number of rotatable bonds is 10. The molecule has 1 unspecified atom stereocenters. The summed E-state index contributed by atoms with van der Waals surface area (Å²) in [6.07, 6.45) is 2.22. The number of hydrogen-bond acceptors (Lipinski definition) is 4. The molecule has 0 spiro atoms. The van der Waals surface area contributed by atoms with Crippen molar-refractivity contribution in [1.82, 2.24) is 0 Å². The number of ether oxygens (including phenoxy) is 2. The van der Waals surface area contributed by atoms with Crippen LogP contribution in [0, 0.1) is 0 Å². The molecule has 14 heavy (non-hydrogen) atoms. The molecule has 0 amide bonds. The highest BCUT2D eigenvalue weighted by atomic mass is 32.2. The smallest absolute Gasteiger partial charge is 0.0700 e. The highest BCUT2D eigenvalue weighted by Gasteiger charge is 1.94. The van der Waals surface area contributed by atoms with Gasteiger partial charge in [-0.05, 0) is 31.3 Å². The van der Waals surface area contributed by atoms with Crippen LogP contribution in [-0.4, -0.2) is 44.5 Å². The maximum absolute atomic E-state index is 5.64. The van der Waals surface area contributed by atoms with Crippen molar-refractivity contribution in [1.29, 1.82) is 0 Å². The molecule has 0 fully saturated rings. The summed E-state index contributed by atoms with van der Waals surface area (Å²) < 4.78 is 10.2. The van der Waals surface area contributed by atoms with Gasteiger partial charge in [0.2, 0.25) is 0 Å². The lowest BCUT2D eigenvalue weighted by molar-refractivity contribution is 0.0713. The first-order chi connectivity index (χ1) is 6.77. The van der Waals surface area contributed by atoms with E-state index in [-0.39, 0.29) is 0 Å². The van der Waals surface area contributed by atoms with Crippen molar-refractivity contribution in [3.63, 3.8) is 0 Å². The van der Waals surface area contributed by atoms with Crippen LogP contribution in [0.5, 0.6) is 0 Å². The second-order valence-electron chi connectivity index (χ2n) is 3.34. The van der Waals surface area contributed by atoms with Gasteiger partial charge >= 0.3 is 0 Å². The van der Waals surface area contributed by atoms with E-state index < -0.39 is 0 Å². The normalized spacial score (nSPS) is 13.1. The van der Waals surface area contributed by atoms with E-state index in [9.17, 15) is 0 Å². The molecule has 0 aliphatic rings. The summed E-state index contributed by atoms with van der Waals surface area (Å²) in [6.45, 7) is 4.29. The van der Waals surface area contributed by atoms with Crippen LogP contribution in [0.1, 0.15) is 19.8 Å². The topological polar surface area (TPSA) is 44.5 Å². The van der Waals surface area contributed by atoms with E-state index in [0.717, 1.165) is 25.2 Å². The lowest BCUT2D eigenvalue weighted by Gasteiger charge is -2.05. The van der Waals surface area contributed by atoms with Crippen molar-refractivity contribution in [3.8, 4) is 0 Å². The predicted octanol–water partition coefficient (Wildman–Crippen LogP) is 1.51. The largest absolute Gasteiger partial charge is 0.382 e. The van der Waals surface area contributed by atoms with Gasteiger partial charge in [0.25, 0.3) is 0 Å². The van der Waals surface area contributed by atoms with Crippen molar-refractivity contribution in [2.75, 3.05) is 38.4 Å². The molecule has 0 aliphatic carbocycles. The van der Waals surface area contributed by atoms with E-state index >= 15 is 0 Å². The monoisotopic (exact) mass is 221 g/mol. The van der Waals surface area contributed by atoms with Crippen LogP contribution < -0.4 is 5.73 Å². The second-order valence-corrected chi connectivity index (χ2v) is 4.56. The van der Waals surface area contributed by atoms with Crippen molar-refractivity contribution >= 4 is 11.8 Å². The van der Waals surface area contributed by atoms with Crippen LogP contribution in [0.15, 0.2) is 0 Å². The quantitative estimate of drug-likeness (QED) is 0.568. The molecule has 4 heteroatoms. The molecule has 0 aromatic heterocycles. The number of thioether (sulfide) groups is 1. The predicted molar refractivity (Wildman–Crippen MR) is 62.9 cm³/mol. The highest BCUT2D eigenvalue weighted by molar-refractivity contribution is 7.99. The van der Waals surface area contributed by atoms with Crippen molar-refractivity contribution < 1.29 is 9.47 Å². The van der Waals surface area contributed by atoms with E-state index in [1.165, 1.54) is 5.75 Å². The summed E-state index contributed by atoms with van der Waals surface area (Å²) in [7, 11) is 1.69. The first-order valence-corrected chi connectivity index (χ1v) is 6.33. The molecule has 0 aromatic rings. The molecular weight excluding hydrogens is 198 g/mol. The molecule has 0 aliphatic heterocycles. The Labute approximate surface area is 91.7 Å². The van der Waals surface area contributed by atoms with Gasteiger partial charge in [-0.25, -0.2) is 0 Å². The van der Waals surface area contributed by atoms with Crippen molar-refractivity contribution in [2.45, 2.75) is 25.8 Å². The lowest BCUT2D eigenvalue weighted by Crippen LogP contribution is -2.15. The van der Waals surface area contributed by atoms with Gasteiger partial charge in [-0.2, -0.15) is 11.8 Å². The molecule has 0 heterocycles. The Morgan fingerprint density at radius 1 is 1.21 bits per heavy atom. The first-order valence-electron chi connectivity index (χ1n) is 5.17. The lowest BCUT2D eigenvalue weighted by atomic mass is 10.3. The van der Waals surface area contributed by atoms with E-state index in [0.29, 0.717) is 19.3 Å². The Morgan fingerprint density at radius 3 is 2.64 bits per heavy atom. The average Bonchev–Trinajstić information content (AvgIpc) is 2.15. The third kappa shape index (κ3) is 12.2. The van der Waals surface area contributed by atoms with Gasteiger partial charge in [-0.15, -0.1) is 0 Å². The van der Waals surface area contributed by atoms with Gasteiger partial charge in [0.05, 0.1) is 13.2 Å². The zero-order chi connectivity index (χ0) is 10.6. The van der Waals surface area contributed by atoms with Gasteiger partial charge < -0.3 is 15.2 Å². The molecule has 0 rings (SSSR count). The fraction of sp³-hybridized carbons (Fsp3) is 1.00. The Hall–Kier alpha value is 0.230. The summed E-state index contributed by atoms with van der Waals surface area (Å²) >= 11 is 1.95. The Balaban J connectivity index is 2.85. The standard InChI is InChI=1S/C10H23NO2S/c1-10(11)4-9-14-8-3-5-13-7-6-12-2/h10H,3-9,11H2,1-2H3. The van der Waals surface area contributed by atoms with Gasteiger partial charge in [0.1, 0.15) is 0 Å². The van der Waals surface area contributed by atoms with Gasteiger partial charge in [-0.1, -0.05) is 0 Å². The third-order valence-electron chi connectivity index (χ3n) is 1.73. The Bertz CT molecular complexity index is 112. The minimum atomic E-state index is 0.334. The summed E-state index contributed by atoms with van der Waals surface area (Å²) in [5.74, 6) is 2.33. The van der Waals surface area contributed by atoms with Crippen LogP contribution in [0.3, 0.4) is 0 Å².